The Morgan fingerprint density at radius 2 is 1.73 bits per heavy atom. The third kappa shape index (κ3) is 5.03. The van der Waals surface area contributed by atoms with Gasteiger partial charge >= 0.3 is 0 Å². The summed E-state index contributed by atoms with van der Waals surface area (Å²) in [5, 5.41) is 3.07. The maximum absolute atomic E-state index is 12.0. The lowest BCUT2D eigenvalue weighted by Gasteiger charge is -2.12. The summed E-state index contributed by atoms with van der Waals surface area (Å²) < 4.78 is 15.7. The highest BCUT2D eigenvalue weighted by atomic mass is 35.5. The summed E-state index contributed by atoms with van der Waals surface area (Å²) in [6.45, 7) is 0.0149. The number of primary amides is 1. The van der Waals surface area contributed by atoms with E-state index in [0.29, 0.717) is 16.5 Å². The van der Waals surface area contributed by atoms with E-state index >= 15 is 0 Å². The van der Waals surface area contributed by atoms with Crippen LogP contribution in [0.5, 0.6) is 17.2 Å². The van der Waals surface area contributed by atoms with Crippen molar-refractivity contribution in [2.75, 3.05) is 20.8 Å². The van der Waals surface area contributed by atoms with Crippen LogP contribution in [-0.2, 0) is 11.3 Å². The van der Waals surface area contributed by atoms with E-state index in [9.17, 15) is 9.59 Å². The van der Waals surface area contributed by atoms with Gasteiger partial charge in [0.1, 0.15) is 5.75 Å². The number of nitrogens with two attached hydrogens (primary N) is 1. The van der Waals surface area contributed by atoms with Crippen molar-refractivity contribution < 1.29 is 23.8 Å². The Bertz CT molecular complexity index is 810. The van der Waals surface area contributed by atoms with Crippen LogP contribution in [-0.4, -0.2) is 32.6 Å². The molecule has 0 aliphatic rings. The monoisotopic (exact) mass is 378 g/mol. The van der Waals surface area contributed by atoms with Crippen molar-refractivity contribution in [3.8, 4) is 17.2 Å². The number of benzene rings is 2. The average Bonchev–Trinajstić information content (AvgIpc) is 2.64. The van der Waals surface area contributed by atoms with E-state index in [4.69, 9.17) is 31.5 Å². The standard InChI is InChI=1S/C18H19ClN2O5/c1-24-15-5-3-11(7-16(15)25-2)9-21-17(22)10-26-14-6-4-12(19)8-13(14)18(20)23/h3-8H,9-10H2,1-2H3,(H2,20,23)(H,21,22). The van der Waals surface area contributed by atoms with Crippen LogP contribution in [0, 0.1) is 0 Å². The van der Waals surface area contributed by atoms with Crippen LogP contribution >= 0.6 is 11.6 Å². The van der Waals surface area contributed by atoms with Gasteiger partial charge in [0.2, 0.25) is 0 Å². The van der Waals surface area contributed by atoms with Gasteiger partial charge in [-0.3, -0.25) is 9.59 Å². The van der Waals surface area contributed by atoms with E-state index < -0.39 is 5.91 Å². The van der Waals surface area contributed by atoms with E-state index in [0.717, 1.165) is 5.56 Å². The van der Waals surface area contributed by atoms with Gasteiger partial charge in [0.05, 0.1) is 19.8 Å². The molecule has 0 aromatic heterocycles. The van der Waals surface area contributed by atoms with Crippen LogP contribution in [0.1, 0.15) is 15.9 Å². The zero-order valence-corrected chi connectivity index (χ0v) is 15.1. The van der Waals surface area contributed by atoms with E-state index in [1.54, 1.807) is 25.3 Å². The number of carbonyl (C=O) groups is 2. The second kappa shape index (κ2) is 8.96. The number of rotatable bonds is 8. The van der Waals surface area contributed by atoms with E-state index in [-0.39, 0.29) is 30.4 Å². The molecule has 2 aromatic rings. The van der Waals surface area contributed by atoms with Crippen molar-refractivity contribution in [3.63, 3.8) is 0 Å². The molecule has 0 fully saturated rings. The molecule has 0 aliphatic heterocycles. The fourth-order valence-corrected chi connectivity index (χ4v) is 2.38. The molecule has 26 heavy (non-hydrogen) atoms. The molecular formula is C18H19ClN2O5. The quantitative estimate of drug-likeness (QED) is 0.733. The molecule has 0 saturated carbocycles. The van der Waals surface area contributed by atoms with Crippen LogP contribution in [0.15, 0.2) is 36.4 Å². The lowest BCUT2D eigenvalue weighted by atomic mass is 10.2. The number of nitrogens with one attached hydrogen (secondary N) is 1. The molecule has 8 heteroatoms. The fourth-order valence-electron chi connectivity index (χ4n) is 2.21. The Balaban J connectivity index is 1.93. The molecule has 0 unspecified atom stereocenters. The zero-order chi connectivity index (χ0) is 19.1. The van der Waals surface area contributed by atoms with Crippen LogP contribution in [0.2, 0.25) is 5.02 Å². The van der Waals surface area contributed by atoms with E-state index in [1.165, 1.54) is 19.2 Å². The number of hydrogen-bond donors (Lipinski definition) is 2. The fraction of sp³-hybridized carbons (Fsp3) is 0.222. The Labute approximate surface area is 156 Å². The molecule has 0 bridgehead atoms. The zero-order valence-electron chi connectivity index (χ0n) is 14.4. The molecule has 0 aliphatic carbocycles. The largest absolute Gasteiger partial charge is 0.493 e. The summed E-state index contributed by atoms with van der Waals surface area (Å²) in [4.78, 5) is 23.4. The van der Waals surface area contributed by atoms with Gasteiger partial charge in [-0.25, -0.2) is 0 Å². The summed E-state index contributed by atoms with van der Waals surface area (Å²) in [6.07, 6.45) is 0. The second-order valence-corrected chi connectivity index (χ2v) is 5.70. The lowest BCUT2D eigenvalue weighted by molar-refractivity contribution is -0.123. The van der Waals surface area contributed by atoms with Gasteiger partial charge in [0, 0.05) is 11.6 Å². The number of hydrogen-bond acceptors (Lipinski definition) is 5. The molecule has 0 spiro atoms. The van der Waals surface area contributed by atoms with Crippen LogP contribution in [0.3, 0.4) is 0 Å². The summed E-state index contributed by atoms with van der Waals surface area (Å²) in [5.41, 5.74) is 6.22. The molecule has 138 valence electrons. The lowest BCUT2D eigenvalue weighted by Crippen LogP contribution is -2.28. The normalized spacial score (nSPS) is 10.1. The highest BCUT2D eigenvalue weighted by molar-refractivity contribution is 6.31. The summed E-state index contributed by atoms with van der Waals surface area (Å²) >= 11 is 5.83. The van der Waals surface area contributed by atoms with Crippen LogP contribution in [0.4, 0.5) is 0 Å². The van der Waals surface area contributed by atoms with Crippen LogP contribution < -0.4 is 25.3 Å². The molecule has 0 atom stereocenters. The molecule has 0 heterocycles. The molecule has 0 saturated heterocycles. The third-order valence-corrected chi connectivity index (χ3v) is 3.74. The summed E-state index contributed by atoms with van der Waals surface area (Å²) in [6, 6.07) is 9.76. The highest BCUT2D eigenvalue weighted by Gasteiger charge is 2.12. The second-order valence-electron chi connectivity index (χ2n) is 5.26. The molecule has 7 nitrogen and oxygen atoms in total. The minimum Gasteiger partial charge on any atom is -0.493 e. The van der Waals surface area contributed by atoms with Gasteiger partial charge in [0.15, 0.2) is 18.1 Å². The predicted octanol–water partition coefficient (Wildman–Crippen LogP) is 2.15. The highest BCUT2D eigenvalue weighted by Crippen LogP contribution is 2.27. The molecule has 2 aromatic carbocycles. The first kappa shape index (κ1) is 19.4. The third-order valence-electron chi connectivity index (χ3n) is 3.50. The van der Waals surface area contributed by atoms with Crippen molar-refractivity contribution in [1.82, 2.24) is 5.32 Å². The molecule has 0 radical (unpaired) electrons. The minimum atomic E-state index is -0.687. The van der Waals surface area contributed by atoms with Gasteiger partial charge < -0.3 is 25.3 Å². The van der Waals surface area contributed by atoms with Gasteiger partial charge in [-0.2, -0.15) is 0 Å². The average molecular weight is 379 g/mol. The van der Waals surface area contributed by atoms with Crippen molar-refractivity contribution >= 4 is 23.4 Å². The first-order chi connectivity index (χ1) is 12.4. The van der Waals surface area contributed by atoms with E-state index in [2.05, 4.69) is 5.32 Å². The molecule has 2 rings (SSSR count). The smallest absolute Gasteiger partial charge is 0.258 e. The summed E-state index contributed by atoms with van der Waals surface area (Å²) in [5.74, 6) is 0.331. The first-order valence-electron chi connectivity index (χ1n) is 7.64. The van der Waals surface area contributed by atoms with Gasteiger partial charge in [-0.15, -0.1) is 0 Å². The first-order valence-corrected chi connectivity index (χ1v) is 8.02. The SMILES string of the molecule is COc1ccc(CNC(=O)COc2ccc(Cl)cc2C(N)=O)cc1OC. The molecule has 2 amide bonds. The van der Waals surface area contributed by atoms with Crippen LogP contribution in [0.25, 0.3) is 0 Å². The van der Waals surface area contributed by atoms with E-state index in [1.807, 2.05) is 6.07 Å². The summed E-state index contributed by atoms with van der Waals surface area (Å²) in [7, 11) is 3.09. The van der Waals surface area contributed by atoms with Crippen molar-refractivity contribution in [3.05, 3.63) is 52.5 Å². The van der Waals surface area contributed by atoms with Gasteiger partial charge in [0.25, 0.3) is 11.8 Å². The van der Waals surface area contributed by atoms with Crippen molar-refractivity contribution in [2.24, 2.45) is 5.73 Å². The predicted molar refractivity (Wildman–Crippen MR) is 96.9 cm³/mol. The number of methoxy groups -OCH3 is 2. The Morgan fingerprint density at radius 3 is 2.38 bits per heavy atom. The van der Waals surface area contributed by atoms with Gasteiger partial charge in [-0.1, -0.05) is 17.7 Å². The number of amides is 2. The van der Waals surface area contributed by atoms with Gasteiger partial charge in [-0.05, 0) is 35.9 Å². The number of ether oxygens (including phenoxy) is 3. The maximum atomic E-state index is 12.0. The Hall–Kier alpha value is -2.93. The van der Waals surface area contributed by atoms with Crippen molar-refractivity contribution in [2.45, 2.75) is 6.54 Å². The Kier molecular flexibility index (Phi) is 6.68. The number of halogens is 1. The maximum Gasteiger partial charge on any atom is 0.258 e. The minimum absolute atomic E-state index is 0.116. The van der Waals surface area contributed by atoms with Crippen molar-refractivity contribution in [1.29, 1.82) is 0 Å². The number of carbonyl (C=O) groups excluding carboxylic acids is 2. The Morgan fingerprint density at radius 1 is 1.04 bits per heavy atom. The topological polar surface area (TPSA) is 99.9 Å². The molecular weight excluding hydrogens is 360 g/mol. The molecule has 3 N–H and O–H groups in total.